The minimum Gasteiger partial charge on any atom is -0.360 e. The van der Waals surface area contributed by atoms with Crippen LogP contribution in [0.4, 0.5) is 10.1 Å². The van der Waals surface area contributed by atoms with E-state index in [1.54, 1.807) is 12.1 Å². The SMILES string of the molecule is CC1(C)CCNCC(C)(C)N1c1ccc(F)cc1. The van der Waals surface area contributed by atoms with Crippen LogP contribution in [0.25, 0.3) is 0 Å². The van der Waals surface area contributed by atoms with Crippen molar-refractivity contribution in [3.63, 3.8) is 0 Å². The standard InChI is InChI=1S/C15H23FN2/c1-14(2)9-10-17-11-15(3,4)18(14)13-7-5-12(16)6-8-13/h5-8,17H,9-11H2,1-4H3. The van der Waals surface area contributed by atoms with Gasteiger partial charge in [-0.25, -0.2) is 4.39 Å². The van der Waals surface area contributed by atoms with E-state index in [9.17, 15) is 4.39 Å². The minimum absolute atomic E-state index is 0.0117. The third-order valence-electron chi connectivity index (χ3n) is 3.77. The van der Waals surface area contributed by atoms with Gasteiger partial charge in [0.05, 0.1) is 0 Å². The molecule has 1 saturated heterocycles. The van der Waals surface area contributed by atoms with Crippen molar-refractivity contribution in [2.24, 2.45) is 0 Å². The summed E-state index contributed by atoms with van der Waals surface area (Å²) in [5.74, 6) is -0.178. The summed E-state index contributed by atoms with van der Waals surface area (Å²) in [7, 11) is 0. The van der Waals surface area contributed by atoms with Gasteiger partial charge in [-0.15, -0.1) is 0 Å². The van der Waals surface area contributed by atoms with Crippen LogP contribution in [0.1, 0.15) is 34.1 Å². The van der Waals surface area contributed by atoms with Gasteiger partial charge < -0.3 is 10.2 Å². The maximum atomic E-state index is 13.1. The molecule has 0 radical (unpaired) electrons. The van der Waals surface area contributed by atoms with Gasteiger partial charge in [0.25, 0.3) is 0 Å². The molecule has 0 aliphatic carbocycles. The molecule has 0 unspecified atom stereocenters. The van der Waals surface area contributed by atoms with Crippen LogP contribution in [0.2, 0.25) is 0 Å². The predicted molar refractivity (Wildman–Crippen MR) is 74.5 cm³/mol. The van der Waals surface area contributed by atoms with Crippen molar-refractivity contribution in [3.8, 4) is 0 Å². The zero-order valence-corrected chi connectivity index (χ0v) is 11.8. The lowest BCUT2D eigenvalue weighted by Crippen LogP contribution is -2.57. The number of benzene rings is 1. The van der Waals surface area contributed by atoms with Gasteiger partial charge >= 0.3 is 0 Å². The molecule has 0 aromatic heterocycles. The highest BCUT2D eigenvalue weighted by Gasteiger charge is 2.39. The lowest BCUT2D eigenvalue weighted by Gasteiger charge is -2.48. The van der Waals surface area contributed by atoms with E-state index in [4.69, 9.17) is 0 Å². The highest BCUT2D eigenvalue weighted by molar-refractivity contribution is 5.52. The van der Waals surface area contributed by atoms with E-state index < -0.39 is 0 Å². The number of nitrogens with one attached hydrogen (secondary N) is 1. The van der Waals surface area contributed by atoms with Gasteiger partial charge in [0.1, 0.15) is 5.82 Å². The van der Waals surface area contributed by atoms with Crippen LogP contribution in [0, 0.1) is 5.82 Å². The van der Waals surface area contributed by atoms with Crippen molar-refractivity contribution >= 4 is 5.69 Å². The molecule has 0 atom stereocenters. The molecule has 3 heteroatoms. The van der Waals surface area contributed by atoms with Crippen LogP contribution in [-0.4, -0.2) is 24.2 Å². The van der Waals surface area contributed by atoms with E-state index in [2.05, 4.69) is 37.9 Å². The molecule has 1 heterocycles. The summed E-state index contributed by atoms with van der Waals surface area (Å²) in [4.78, 5) is 2.42. The lowest BCUT2D eigenvalue weighted by atomic mass is 9.91. The van der Waals surface area contributed by atoms with Crippen molar-refractivity contribution < 1.29 is 4.39 Å². The minimum atomic E-state index is -0.178. The normalized spacial score (nSPS) is 22.6. The van der Waals surface area contributed by atoms with E-state index in [1.807, 2.05) is 12.1 Å². The molecule has 100 valence electrons. The van der Waals surface area contributed by atoms with Gasteiger partial charge in [0.15, 0.2) is 0 Å². The van der Waals surface area contributed by atoms with Crippen molar-refractivity contribution in [2.75, 3.05) is 18.0 Å². The van der Waals surface area contributed by atoms with Crippen molar-refractivity contribution in [2.45, 2.75) is 45.2 Å². The number of nitrogens with zero attached hydrogens (tertiary/aromatic N) is 1. The van der Waals surface area contributed by atoms with Gasteiger partial charge in [-0.2, -0.15) is 0 Å². The van der Waals surface area contributed by atoms with E-state index in [1.165, 1.54) is 0 Å². The molecule has 18 heavy (non-hydrogen) atoms. The maximum absolute atomic E-state index is 13.1. The molecule has 1 aliphatic rings. The average Bonchev–Trinajstić information content (AvgIpc) is 2.37. The first-order valence-corrected chi connectivity index (χ1v) is 6.60. The lowest BCUT2D eigenvalue weighted by molar-refractivity contribution is 0.357. The highest BCUT2D eigenvalue weighted by Crippen LogP contribution is 2.35. The Kier molecular flexibility index (Phi) is 3.37. The Morgan fingerprint density at radius 2 is 1.67 bits per heavy atom. The van der Waals surface area contributed by atoms with Crippen LogP contribution >= 0.6 is 0 Å². The predicted octanol–water partition coefficient (Wildman–Crippen LogP) is 3.18. The Bertz CT molecular complexity index is 391. The molecule has 1 aromatic carbocycles. The smallest absolute Gasteiger partial charge is 0.123 e. The second kappa shape index (κ2) is 4.54. The Hall–Kier alpha value is -1.09. The summed E-state index contributed by atoms with van der Waals surface area (Å²) in [5.41, 5.74) is 1.16. The van der Waals surface area contributed by atoms with Crippen LogP contribution in [0.15, 0.2) is 24.3 Å². The molecule has 0 amide bonds. The maximum Gasteiger partial charge on any atom is 0.123 e. The Balaban J connectivity index is 2.44. The Morgan fingerprint density at radius 1 is 1.06 bits per heavy atom. The summed E-state index contributed by atoms with van der Waals surface area (Å²) < 4.78 is 13.1. The fourth-order valence-electron chi connectivity index (χ4n) is 3.09. The Morgan fingerprint density at radius 3 is 2.28 bits per heavy atom. The third kappa shape index (κ3) is 2.51. The fraction of sp³-hybridized carbons (Fsp3) is 0.600. The molecule has 1 aliphatic heterocycles. The van der Waals surface area contributed by atoms with Gasteiger partial charge in [-0.1, -0.05) is 0 Å². The van der Waals surface area contributed by atoms with Crippen LogP contribution in [0.3, 0.4) is 0 Å². The Labute approximate surface area is 109 Å². The summed E-state index contributed by atoms with van der Waals surface area (Å²) in [6.07, 6.45) is 1.08. The average molecular weight is 250 g/mol. The van der Waals surface area contributed by atoms with E-state index in [-0.39, 0.29) is 16.9 Å². The van der Waals surface area contributed by atoms with Gasteiger partial charge in [0, 0.05) is 23.3 Å². The molecular weight excluding hydrogens is 227 g/mol. The highest BCUT2D eigenvalue weighted by atomic mass is 19.1. The second-order valence-corrected chi connectivity index (χ2v) is 6.36. The molecule has 1 N–H and O–H groups in total. The molecule has 0 bridgehead atoms. The number of hydrogen-bond acceptors (Lipinski definition) is 2. The molecule has 2 rings (SSSR count). The van der Waals surface area contributed by atoms with Gasteiger partial charge in [-0.05, 0) is 64.9 Å². The third-order valence-corrected chi connectivity index (χ3v) is 3.77. The monoisotopic (exact) mass is 250 g/mol. The summed E-state index contributed by atoms with van der Waals surface area (Å²) in [6.45, 7) is 10.9. The first-order valence-electron chi connectivity index (χ1n) is 6.60. The molecule has 2 nitrogen and oxygen atoms in total. The van der Waals surface area contributed by atoms with E-state index in [0.29, 0.717) is 0 Å². The molecular formula is C15H23FN2. The molecule has 0 spiro atoms. The van der Waals surface area contributed by atoms with Crippen LogP contribution < -0.4 is 10.2 Å². The van der Waals surface area contributed by atoms with E-state index >= 15 is 0 Å². The largest absolute Gasteiger partial charge is 0.360 e. The topological polar surface area (TPSA) is 15.3 Å². The molecule has 0 saturated carbocycles. The van der Waals surface area contributed by atoms with Crippen LogP contribution in [-0.2, 0) is 0 Å². The van der Waals surface area contributed by atoms with Crippen LogP contribution in [0.5, 0.6) is 0 Å². The number of halogens is 1. The number of anilines is 1. The van der Waals surface area contributed by atoms with Crippen molar-refractivity contribution in [1.82, 2.24) is 5.32 Å². The zero-order chi connectivity index (χ0) is 13.4. The molecule has 1 aromatic rings. The van der Waals surface area contributed by atoms with E-state index in [0.717, 1.165) is 25.2 Å². The van der Waals surface area contributed by atoms with Gasteiger partial charge in [0.2, 0.25) is 0 Å². The van der Waals surface area contributed by atoms with Crippen molar-refractivity contribution in [1.29, 1.82) is 0 Å². The second-order valence-electron chi connectivity index (χ2n) is 6.36. The van der Waals surface area contributed by atoms with Crippen molar-refractivity contribution in [3.05, 3.63) is 30.1 Å². The first kappa shape index (κ1) is 13.3. The summed E-state index contributed by atoms with van der Waals surface area (Å²) in [6, 6.07) is 6.84. The summed E-state index contributed by atoms with van der Waals surface area (Å²) in [5, 5.41) is 3.49. The number of hydrogen-bond donors (Lipinski definition) is 1. The summed E-state index contributed by atoms with van der Waals surface area (Å²) >= 11 is 0. The first-order chi connectivity index (χ1) is 8.33. The van der Waals surface area contributed by atoms with Gasteiger partial charge in [-0.3, -0.25) is 0 Å². The quantitative estimate of drug-likeness (QED) is 0.823. The fourth-order valence-corrected chi connectivity index (χ4v) is 3.09. The molecule has 1 fully saturated rings. The zero-order valence-electron chi connectivity index (χ0n) is 11.8. The number of rotatable bonds is 1.